The van der Waals surface area contributed by atoms with Gasteiger partial charge in [-0.2, -0.15) is 0 Å². The Hall–Kier alpha value is -3.38. The number of hydrogen-bond donors (Lipinski definition) is 0. The fourth-order valence-electron chi connectivity index (χ4n) is 2.92. The van der Waals surface area contributed by atoms with Crippen LogP contribution in [0.15, 0.2) is 77.0 Å². The van der Waals surface area contributed by atoms with Crippen LogP contribution in [0.25, 0.3) is 6.08 Å². The summed E-state index contributed by atoms with van der Waals surface area (Å²) in [6.07, 6.45) is 1.68. The molecule has 0 bridgehead atoms. The number of fused-ring (bicyclic) bond motifs is 1. The van der Waals surface area contributed by atoms with E-state index in [1.165, 1.54) is 13.2 Å². The molecular formula is C23H15BrO5. The first-order valence-corrected chi connectivity index (χ1v) is 9.53. The molecule has 0 unspecified atom stereocenters. The van der Waals surface area contributed by atoms with Gasteiger partial charge >= 0.3 is 5.97 Å². The lowest BCUT2D eigenvalue weighted by Crippen LogP contribution is -2.10. The minimum Gasteiger partial charge on any atom is -0.496 e. The van der Waals surface area contributed by atoms with Gasteiger partial charge in [0.2, 0.25) is 5.78 Å². The van der Waals surface area contributed by atoms with Crippen LogP contribution in [0.2, 0.25) is 0 Å². The minimum absolute atomic E-state index is 0.217. The van der Waals surface area contributed by atoms with E-state index in [0.717, 1.165) is 10.0 Å². The van der Waals surface area contributed by atoms with Crippen LogP contribution in [0.4, 0.5) is 0 Å². The van der Waals surface area contributed by atoms with E-state index in [1.807, 2.05) is 24.3 Å². The van der Waals surface area contributed by atoms with Crippen LogP contribution in [0.5, 0.6) is 17.2 Å². The number of allylic oxidation sites excluding steroid dienone is 1. The predicted octanol–water partition coefficient (Wildman–Crippen LogP) is 5.29. The van der Waals surface area contributed by atoms with Crippen molar-refractivity contribution < 1.29 is 23.8 Å². The van der Waals surface area contributed by atoms with Gasteiger partial charge in [0.15, 0.2) is 5.76 Å². The molecule has 3 aromatic rings. The van der Waals surface area contributed by atoms with Gasteiger partial charge in [-0.05, 0) is 48.0 Å². The lowest BCUT2D eigenvalue weighted by molar-refractivity contribution is 0.0731. The first-order chi connectivity index (χ1) is 14.0. The molecule has 4 rings (SSSR count). The molecule has 0 spiro atoms. The smallest absolute Gasteiger partial charge is 0.347 e. The molecular weight excluding hydrogens is 436 g/mol. The number of carbonyl (C=O) groups is 2. The maximum absolute atomic E-state index is 12.6. The van der Waals surface area contributed by atoms with Crippen LogP contribution >= 0.6 is 15.9 Å². The predicted molar refractivity (Wildman–Crippen MR) is 111 cm³/mol. The molecule has 29 heavy (non-hydrogen) atoms. The highest BCUT2D eigenvalue weighted by molar-refractivity contribution is 9.10. The second-order valence-electron chi connectivity index (χ2n) is 6.24. The van der Waals surface area contributed by atoms with E-state index >= 15 is 0 Å². The summed E-state index contributed by atoms with van der Waals surface area (Å²) < 4.78 is 17.3. The van der Waals surface area contributed by atoms with Crippen LogP contribution in [0.3, 0.4) is 0 Å². The summed E-state index contributed by atoms with van der Waals surface area (Å²) in [7, 11) is 1.49. The molecule has 0 fully saturated rings. The number of hydrogen-bond acceptors (Lipinski definition) is 5. The summed E-state index contributed by atoms with van der Waals surface area (Å²) in [5.74, 6) is 0.490. The second-order valence-corrected chi connectivity index (χ2v) is 7.15. The Morgan fingerprint density at radius 1 is 1.03 bits per heavy atom. The largest absolute Gasteiger partial charge is 0.496 e. The monoisotopic (exact) mass is 450 g/mol. The van der Waals surface area contributed by atoms with Crippen LogP contribution < -0.4 is 14.2 Å². The van der Waals surface area contributed by atoms with Gasteiger partial charge in [-0.15, -0.1) is 0 Å². The van der Waals surface area contributed by atoms with Gasteiger partial charge in [0.1, 0.15) is 22.8 Å². The van der Waals surface area contributed by atoms with Crippen molar-refractivity contribution in [2.75, 3.05) is 7.11 Å². The van der Waals surface area contributed by atoms with Gasteiger partial charge in [0, 0.05) is 10.5 Å². The number of Topliss-reactive ketones (excluding diaryl/α,β-unsaturated/α-hetero) is 1. The third-order valence-electron chi connectivity index (χ3n) is 4.35. The number of benzene rings is 3. The summed E-state index contributed by atoms with van der Waals surface area (Å²) in [6.45, 7) is 0. The summed E-state index contributed by atoms with van der Waals surface area (Å²) >= 11 is 3.38. The van der Waals surface area contributed by atoms with Crippen molar-refractivity contribution in [1.82, 2.24) is 0 Å². The molecule has 1 aliphatic rings. The molecule has 5 nitrogen and oxygen atoms in total. The zero-order valence-electron chi connectivity index (χ0n) is 15.3. The fourth-order valence-corrected chi connectivity index (χ4v) is 3.18. The first-order valence-electron chi connectivity index (χ1n) is 8.74. The van der Waals surface area contributed by atoms with Crippen molar-refractivity contribution in [2.24, 2.45) is 0 Å². The van der Waals surface area contributed by atoms with Crippen LogP contribution in [0.1, 0.15) is 26.3 Å². The molecule has 0 amide bonds. The van der Waals surface area contributed by atoms with Gasteiger partial charge in [0.05, 0.1) is 12.7 Å². The third-order valence-corrected chi connectivity index (χ3v) is 4.88. The zero-order chi connectivity index (χ0) is 20.4. The Kier molecular flexibility index (Phi) is 5.18. The topological polar surface area (TPSA) is 61.8 Å². The molecule has 0 aliphatic carbocycles. The van der Waals surface area contributed by atoms with E-state index in [0.29, 0.717) is 22.6 Å². The number of rotatable bonds is 4. The highest BCUT2D eigenvalue weighted by atomic mass is 79.9. The van der Waals surface area contributed by atoms with E-state index in [1.54, 1.807) is 42.5 Å². The summed E-state index contributed by atoms with van der Waals surface area (Å²) in [5.41, 5.74) is 1.57. The Balaban J connectivity index is 1.56. The number of ether oxygens (including phenoxy) is 3. The molecule has 0 saturated heterocycles. The summed E-state index contributed by atoms with van der Waals surface area (Å²) in [6, 6.07) is 19.0. The summed E-state index contributed by atoms with van der Waals surface area (Å²) in [4.78, 5) is 25.0. The highest BCUT2D eigenvalue weighted by Crippen LogP contribution is 2.35. The van der Waals surface area contributed by atoms with E-state index < -0.39 is 5.97 Å². The third kappa shape index (κ3) is 3.93. The number of para-hydroxylation sites is 1. The normalized spacial score (nSPS) is 13.7. The Morgan fingerprint density at radius 3 is 2.55 bits per heavy atom. The van der Waals surface area contributed by atoms with E-state index in [4.69, 9.17) is 14.2 Å². The van der Waals surface area contributed by atoms with Crippen LogP contribution in [-0.4, -0.2) is 18.9 Å². The molecule has 0 aromatic heterocycles. The van der Waals surface area contributed by atoms with Crippen LogP contribution in [-0.2, 0) is 0 Å². The Labute approximate surface area is 175 Å². The zero-order valence-corrected chi connectivity index (χ0v) is 16.9. The molecule has 6 heteroatoms. The van der Waals surface area contributed by atoms with Crippen molar-refractivity contribution in [3.8, 4) is 17.2 Å². The SMILES string of the molecule is COc1ccccc1C(=O)Oc1ccc2c(c1)OC(=Cc1ccc(Br)cc1)C2=O. The Bertz CT molecular complexity index is 1130. The van der Waals surface area contributed by atoms with Crippen molar-refractivity contribution in [3.05, 3.63) is 93.7 Å². The number of esters is 1. The molecule has 1 aliphatic heterocycles. The van der Waals surface area contributed by atoms with Gasteiger partial charge < -0.3 is 14.2 Å². The number of ketones is 1. The average Bonchev–Trinajstić information content (AvgIpc) is 3.04. The molecule has 1 heterocycles. The standard InChI is InChI=1S/C23H15BrO5/c1-27-19-5-3-2-4-18(19)23(26)28-16-10-11-17-20(13-16)29-21(22(17)25)12-14-6-8-15(24)9-7-14/h2-13H,1H3. The van der Waals surface area contributed by atoms with Gasteiger partial charge in [-0.3, -0.25) is 4.79 Å². The lowest BCUT2D eigenvalue weighted by Gasteiger charge is -2.08. The number of methoxy groups -OCH3 is 1. The number of carbonyl (C=O) groups excluding carboxylic acids is 2. The van der Waals surface area contributed by atoms with Gasteiger partial charge in [0.25, 0.3) is 0 Å². The second kappa shape index (κ2) is 7.93. The molecule has 0 atom stereocenters. The fraction of sp³-hybridized carbons (Fsp3) is 0.0435. The van der Waals surface area contributed by atoms with Gasteiger partial charge in [-0.25, -0.2) is 4.79 Å². The number of halogens is 1. The lowest BCUT2D eigenvalue weighted by atomic mass is 10.1. The Morgan fingerprint density at radius 2 is 1.79 bits per heavy atom. The van der Waals surface area contributed by atoms with Gasteiger partial charge in [-0.1, -0.05) is 40.2 Å². The van der Waals surface area contributed by atoms with Crippen molar-refractivity contribution in [3.63, 3.8) is 0 Å². The molecule has 3 aromatic carbocycles. The van der Waals surface area contributed by atoms with E-state index in [2.05, 4.69) is 15.9 Å². The summed E-state index contributed by atoms with van der Waals surface area (Å²) in [5, 5.41) is 0. The van der Waals surface area contributed by atoms with E-state index in [9.17, 15) is 9.59 Å². The highest BCUT2D eigenvalue weighted by Gasteiger charge is 2.28. The van der Waals surface area contributed by atoms with Crippen LogP contribution in [0, 0.1) is 0 Å². The minimum atomic E-state index is -0.558. The molecule has 144 valence electrons. The maximum Gasteiger partial charge on any atom is 0.347 e. The average molecular weight is 451 g/mol. The quantitative estimate of drug-likeness (QED) is 0.306. The first kappa shape index (κ1) is 19.0. The molecule has 0 saturated carbocycles. The van der Waals surface area contributed by atoms with Crippen molar-refractivity contribution >= 4 is 33.8 Å². The molecule has 0 radical (unpaired) electrons. The van der Waals surface area contributed by atoms with Crippen molar-refractivity contribution in [2.45, 2.75) is 0 Å². The maximum atomic E-state index is 12.6. The molecule has 0 N–H and O–H groups in total. The van der Waals surface area contributed by atoms with Crippen molar-refractivity contribution in [1.29, 1.82) is 0 Å². The van der Waals surface area contributed by atoms with E-state index in [-0.39, 0.29) is 17.3 Å².